The summed E-state index contributed by atoms with van der Waals surface area (Å²) in [7, 11) is 1.60. The molecule has 0 bridgehead atoms. The highest BCUT2D eigenvalue weighted by molar-refractivity contribution is 7.22. The largest absolute Gasteiger partial charge is 0.497 e. The zero-order chi connectivity index (χ0) is 18.3. The van der Waals surface area contributed by atoms with Gasteiger partial charge in [-0.2, -0.15) is 0 Å². The second kappa shape index (κ2) is 6.70. The monoisotopic (exact) mass is 386 g/mol. The number of methoxy groups -OCH3 is 1. The number of rotatable bonds is 4. The van der Waals surface area contributed by atoms with Crippen molar-refractivity contribution in [1.82, 2.24) is 4.98 Å². The van der Waals surface area contributed by atoms with Crippen molar-refractivity contribution in [1.29, 1.82) is 0 Å². The Morgan fingerprint density at radius 2 is 2.00 bits per heavy atom. The van der Waals surface area contributed by atoms with Gasteiger partial charge in [0.05, 0.1) is 23.2 Å². The van der Waals surface area contributed by atoms with Crippen molar-refractivity contribution in [3.05, 3.63) is 53.1 Å². The molecular formula is C19H15ClN2O3S. The molecule has 0 radical (unpaired) electrons. The zero-order valence-electron chi connectivity index (χ0n) is 13.9. The fourth-order valence-electron chi connectivity index (χ4n) is 3.08. The molecule has 1 fully saturated rings. The van der Waals surface area contributed by atoms with Crippen molar-refractivity contribution in [2.75, 3.05) is 12.0 Å². The summed E-state index contributed by atoms with van der Waals surface area (Å²) >= 11 is 7.22. The fraction of sp³-hybridized carbons (Fsp3) is 0.211. The van der Waals surface area contributed by atoms with E-state index in [1.165, 1.54) is 16.2 Å². The molecule has 2 amide bonds. The number of hydrogen-bond acceptors (Lipinski definition) is 5. The number of aromatic nitrogens is 1. The molecule has 3 aromatic rings. The Morgan fingerprint density at radius 1 is 1.23 bits per heavy atom. The fourth-order valence-corrected chi connectivity index (χ4v) is 4.22. The first-order valence-corrected chi connectivity index (χ1v) is 9.30. The van der Waals surface area contributed by atoms with Gasteiger partial charge < -0.3 is 4.74 Å². The summed E-state index contributed by atoms with van der Waals surface area (Å²) in [5, 5.41) is 1.07. The highest BCUT2D eigenvalue weighted by Gasteiger charge is 2.40. The van der Waals surface area contributed by atoms with Crippen LogP contribution in [0.3, 0.4) is 0 Å². The lowest BCUT2D eigenvalue weighted by Gasteiger charge is -2.11. The first-order chi connectivity index (χ1) is 12.5. The quantitative estimate of drug-likeness (QED) is 0.634. The third-order valence-corrected chi connectivity index (χ3v) is 5.67. The summed E-state index contributed by atoms with van der Waals surface area (Å²) in [6.45, 7) is 0. The normalized spacial score (nSPS) is 17.3. The van der Waals surface area contributed by atoms with Crippen LogP contribution in [0.4, 0.5) is 5.13 Å². The van der Waals surface area contributed by atoms with E-state index in [-0.39, 0.29) is 24.2 Å². The highest BCUT2D eigenvalue weighted by atomic mass is 35.5. The summed E-state index contributed by atoms with van der Waals surface area (Å²) in [5.41, 5.74) is 1.73. The molecule has 5 nitrogen and oxygen atoms in total. The van der Waals surface area contributed by atoms with Crippen LogP contribution in [-0.2, 0) is 16.0 Å². The molecule has 1 aromatic heterocycles. The molecule has 1 aliphatic heterocycles. The number of carbonyl (C=O) groups is 2. The predicted octanol–water partition coefficient (Wildman–Crippen LogP) is 4.08. The minimum Gasteiger partial charge on any atom is -0.497 e. The van der Waals surface area contributed by atoms with E-state index in [4.69, 9.17) is 16.3 Å². The Morgan fingerprint density at radius 3 is 2.73 bits per heavy atom. The van der Waals surface area contributed by atoms with Gasteiger partial charge in [0.2, 0.25) is 11.8 Å². The van der Waals surface area contributed by atoms with Crippen LogP contribution in [0, 0.1) is 5.92 Å². The molecule has 4 rings (SSSR count). The SMILES string of the molecule is COc1ccc2nc(N3C(=O)C[C@@H](Cc4ccc(Cl)cc4)C3=O)sc2c1. The number of anilines is 1. The second-order valence-electron chi connectivity index (χ2n) is 6.13. The van der Waals surface area contributed by atoms with Crippen LogP contribution in [-0.4, -0.2) is 23.9 Å². The van der Waals surface area contributed by atoms with Crippen LogP contribution in [0.15, 0.2) is 42.5 Å². The molecule has 132 valence electrons. The van der Waals surface area contributed by atoms with Crippen LogP contribution < -0.4 is 9.64 Å². The van der Waals surface area contributed by atoms with Crippen molar-refractivity contribution >= 4 is 50.1 Å². The van der Waals surface area contributed by atoms with Crippen molar-refractivity contribution in [3.8, 4) is 5.75 Å². The predicted molar refractivity (Wildman–Crippen MR) is 102 cm³/mol. The molecule has 7 heteroatoms. The lowest BCUT2D eigenvalue weighted by Crippen LogP contribution is -2.30. The van der Waals surface area contributed by atoms with Crippen molar-refractivity contribution in [3.63, 3.8) is 0 Å². The number of ether oxygens (including phenoxy) is 1. The summed E-state index contributed by atoms with van der Waals surface area (Å²) in [4.78, 5) is 30.9. The zero-order valence-corrected chi connectivity index (χ0v) is 15.5. The Bertz CT molecular complexity index is 1000. The first kappa shape index (κ1) is 17.0. The summed E-state index contributed by atoms with van der Waals surface area (Å²) < 4.78 is 6.09. The van der Waals surface area contributed by atoms with Gasteiger partial charge in [-0.15, -0.1) is 0 Å². The molecular weight excluding hydrogens is 372 g/mol. The Kier molecular flexibility index (Phi) is 4.38. The van der Waals surface area contributed by atoms with Crippen LogP contribution in [0.1, 0.15) is 12.0 Å². The lowest BCUT2D eigenvalue weighted by atomic mass is 9.98. The van der Waals surface area contributed by atoms with Gasteiger partial charge in [-0.05, 0) is 42.3 Å². The van der Waals surface area contributed by atoms with Crippen LogP contribution in [0.2, 0.25) is 5.02 Å². The summed E-state index contributed by atoms with van der Waals surface area (Å²) in [6.07, 6.45) is 0.706. The Hall–Kier alpha value is -2.44. The number of fused-ring (bicyclic) bond motifs is 1. The van der Waals surface area contributed by atoms with E-state index in [1.807, 2.05) is 30.3 Å². The number of halogens is 1. The lowest BCUT2D eigenvalue weighted by molar-refractivity contribution is -0.122. The minimum absolute atomic E-state index is 0.195. The van der Waals surface area contributed by atoms with Gasteiger partial charge in [0.25, 0.3) is 0 Å². The summed E-state index contributed by atoms with van der Waals surface area (Å²) in [5.74, 6) is -0.0615. The maximum atomic E-state index is 12.8. The third-order valence-electron chi connectivity index (χ3n) is 4.41. The number of carbonyl (C=O) groups excluding carboxylic acids is 2. The van der Waals surface area contributed by atoms with Gasteiger partial charge in [-0.1, -0.05) is 35.1 Å². The minimum atomic E-state index is -0.370. The van der Waals surface area contributed by atoms with Gasteiger partial charge in [-0.25, -0.2) is 9.88 Å². The third kappa shape index (κ3) is 3.06. The van der Waals surface area contributed by atoms with Crippen molar-refractivity contribution in [2.45, 2.75) is 12.8 Å². The smallest absolute Gasteiger partial charge is 0.239 e. The molecule has 0 N–H and O–H groups in total. The Balaban J connectivity index is 1.59. The van der Waals surface area contributed by atoms with E-state index in [2.05, 4.69) is 4.98 Å². The number of imide groups is 1. The van der Waals surface area contributed by atoms with E-state index in [1.54, 1.807) is 19.2 Å². The first-order valence-electron chi connectivity index (χ1n) is 8.11. The van der Waals surface area contributed by atoms with Gasteiger partial charge in [0.1, 0.15) is 5.75 Å². The van der Waals surface area contributed by atoms with Gasteiger partial charge in [0, 0.05) is 11.4 Å². The van der Waals surface area contributed by atoms with Gasteiger partial charge in [0.15, 0.2) is 5.13 Å². The van der Waals surface area contributed by atoms with Crippen LogP contribution in [0.25, 0.3) is 10.2 Å². The van der Waals surface area contributed by atoms with E-state index >= 15 is 0 Å². The molecule has 1 atom stereocenters. The summed E-state index contributed by atoms with van der Waals surface area (Å²) in [6, 6.07) is 12.8. The molecule has 1 aliphatic rings. The standard InChI is InChI=1S/C19H15ClN2O3S/c1-25-14-6-7-15-16(10-14)26-19(21-15)22-17(23)9-12(18(22)24)8-11-2-4-13(20)5-3-11/h2-7,10,12H,8-9H2,1H3/t12-/m1/s1. The number of benzene rings is 2. The maximum Gasteiger partial charge on any atom is 0.239 e. The topological polar surface area (TPSA) is 59.5 Å². The van der Waals surface area contributed by atoms with Crippen molar-refractivity contribution < 1.29 is 14.3 Å². The van der Waals surface area contributed by atoms with E-state index in [0.717, 1.165) is 15.8 Å². The molecule has 0 saturated carbocycles. The van der Waals surface area contributed by atoms with Gasteiger partial charge >= 0.3 is 0 Å². The molecule has 0 unspecified atom stereocenters. The van der Waals surface area contributed by atoms with Crippen molar-refractivity contribution in [2.24, 2.45) is 5.92 Å². The molecule has 2 aromatic carbocycles. The maximum absolute atomic E-state index is 12.8. The number of thiazole rings is 1. The molecule has 0 aliphatic carbocycles. The second-order valence-corrected chi connectivity index (χ2v) is 7.57. The number of amides is 2. The molecule has 0 spiro atoms. The van der Waals surface area contributed by atoms with Crippen LogP contribution in [0.5, 0.6) is 5.75 Å². The number of hydrogen-bond donors (Lipinski definition) is 0. The average molecular weight is 387 g/mol. The van der Waals surface area contributed by atoms with E-state index in [0.29, 0.717) is 22.3 Å². The average Bonchev–Trinajstić information content (AvgIpc) is 3.16. The molecule has 2 heterocycles. The van der Waals surface area contributed by atoms with Crippen LogP contribution >= 0.6 is 22.9 Å². The Labute approximate surface area is 159 Å². The van der Waals surface area contributed by atoms with E-state index < -0.39 is 0 Å². The highest BCUT2D eigenvalue weighted by Crippen LogP contribution is 2.35. The molecule has 1 saturated heterocycles. The van der Waals surface area contributed by atoms with E-state index in [9.17, 15) is 9.59 Å². The van der Waals surface area contributed by atoms with Gasteiger partial charge in [-0.3, -0.25) is 9.59 Å². The molecule has 26 heavy (non-hydrogen) atoms. The number of nitrogens with zero attached hydrogens (tertiary/aromatic N) is 2.